The van der Waals surface area contributed by atoms with E-state index < -0.39 is 0 Å². The summed E-state index contributed by atoms with van der Waals surface area (Å²) in [4.78, 5) is 8.59. The minimum atomic E-state index is 0.370. The Balaban J connectivity index is 3.13. The number of nitrogen functional groups attached to an aromatic ring is 1. The zero-order valence-corrected chi connectivity index (χ0v) is 9.72. The highest BCUT2D eigenvalue weighted by Crippen LogP contribution is 2.23. The molecule has 1 aromatic rings. The third-order valence-corrected chi connectivity index (χ3v) is 3.09. The van der Waals surface area contributed by atoms with Crippen molar-refractivity contribution in [3.05, 3.63) is 16.0 Å². The molecule has 0 fully saturated rings. The van der Waals surface area contributed by atoms with Crippen molar-refractivity contribution in [1.82, 2.24) is 9.97 Å². The lowest BCUT2D eigenvalue weighted by Gasteiger charge is -2.09. The molecule has 0 saturated carbocycles. The minimum Gasteiger partial charge on any atom is -0.383 e. The molecule has 0 aliphatic heterocycles. The Morgan fingerprint density at radius 3 is 2.54 bits per heavy atom. The van der Waals surface area contributed by atoms with Crippen molar-refractivity contribution in [3.63, 3.8) is 0 Å². The zero-order valence-electron chi connectivity index (χ0n) is 8.13. The van der Waals surface area contributed by atoms with Crippen LogP contribution in [0.5, 0.6) is 0 Å². The number of halogens is 1. The van der Waals surface area contributed by atoms with Gasteiger partial charge in [0.1, 0.15) is 11.6 Å². The van der Waals surface area contributed by atoms with Crippen molar-refractivity contribution < 1.29 is 0 Å². The summed E-state index contributed by atoms with van der Waals surface area (Å²) < 4.78 is 0.805. The number of aryl methyl sites for hydroxylation is 1. The average Bonchev–Trinajstić information content (AvgIpc) is 2.12. The van der Waals surface area contributed by atoms with Crippen LogP contribution in [-0.2, 0) is 0 Å². The highest BCUT2D eigenvalue weighted by atomic mass is 79.9. The summed E-state index contributed by atoms with van der Waals surface area (Å²) in [5, 5.41) is 0. The van der Waals surface area contributed by atoms with Crippen LogP contribution in [0.25, 0.3) is 0 Å². The van der Waals surface area contributed by atoms with Gasteiger partial charge >= 0.3 is 0 Å². The molecule has 3 nitrogen and oxygen atoms in total. The second-order valence-corrected chi connectivity index (χ2v) is 3.97. The third-order valence-electron chi connectivity index (χ3n) is 2.11. The summed E-state index contributed by atoms with van der Waals surface area (Å²) in [7, 11) is 0. The highest BCUT2D eigenvalue weighted by Gasteiger charge is 2.10. The van der Waals surface area contributed by atoms with Gasteiger partial charge in [-0.05, 0) is 29.3 Å². The number of anilines is 1. The molecule has 13 heavy (non-hydrogen) atoms. The van der Waals surface area contributed by atoms with Crippen molar-refractivity contribution in [2.75, 3.05) is 5.73 Å². The maximum atomic E-state index is 5.72. The van der Waals surface area contributed by atoms with Gasteiger partial charge in [0.2, 0.25) is 0 Å². The SMILES string of the molecule is CCC(C)c1nc(C)c(Br)c(N)n1. The van der Waals surface area contributed by atoms with Gasteiger partial charge in [-0.15, -0.1) is 0 Å². The van der Waals surface area contributed by atoms with Crippen LogP contribution in [0.15, 0.2) is 4.47 Å². The van der Waals surface area contributed by atoms with Crippen molar-refractivity contribution in [2.45, 2.75) is 33.1 Å². The molecule has 1 rings (SSSR count). The topological polar surface area (TPSA) is 51.8 Å². The first-order chi connectivity index (χ1) is 6.06. The maximum absolute atomic E-state index is 5.72. The van der Waals surface area contributed by atoms with Crippen LogP contribution in [0.2, 0.25) is 0 Å². The molecule has 2 N–H and O–H groups in total. The van der Waals surface area contributed by atoms with E-state index in [1.807, 2.05) is 6.92 Å². The van der Waals surface area contributed by atoms with Crippen LogP contribution in [-0.4, -0.2) is 9.97 Å². The third kappa shape index (κ3) is 2.18. The largest absolute Gasteiger partial charge is 0.383 e. The summed E-state index contributed by atoms with van der Waals surface area (Å²) in [6.07, 6.45) is 1.03. The van der Waals surface area contributed by atoms with Crippen LogP contribution < -0.4 is 5.73 Å². The number of nitrogens with two attached hydrogens (primary N) is 1. The summed E-state index contributed by atoms with van der Waals surface area (Å²) in [5.74, 6) is 1.73. The quantitative estimate of drug-likeness (QED) is 0.869. The smallest absolute Gasteiger partial charge is 0.141 e. The monoisotopic (exact) mass is 243 g/mol. The number of hydrogen-bond acceptors (Lipinski definition) is 3. The lowest BCUT2D eigenvalue weighted by molar-refractivity contribution is 0.675. The molecular formula is C9H14BrN3. The summed E-state index contributed by atoms with van der Waals surface area (Å²) >= 11 is 3.33. The molecule has 4 heteroatoms. The van der Waals surface area contributed by atoms with Gasteiger partial charge in [0.15, 0.2) is 0 Å². The molecule has 0 aromatic carbocycles. The Morgan fingerprint density at radius 2 is 2.08 bits per heavy atom. The van der Waals surface area contributed by atoms with Gasteiger partial charge in [0.05, 0.1) is 10.2 Å². The van der Waals surface area contributed by atoms with Gasteiger partial charge < -0.3 is 5.73 Å². The molecule has 72 valence electrons. The first-order valence-electron chi connectivity index (χ1n) is 4.35. The van der Waals surface area contributed by atoms with E-state index in [0.717, 1.165) is 22.4 Å². The lowest BCUT2D eigenvalue weighted by Crippen LogP contribution is -2.05. The first kappa shape index (κ1) is 10.4. The van der Waals surface area contributed by atoms with Crippen molar-refractivity contribution >= 4 is 21.7 Å². The Bertz CT molecular complexity index is 289. The molecule has 1 aromatic heterocycles. The molecule has 0 aliphatic rings. The van der Waals surface area contributed by atoms with Gasteiger partial charge in [-0.3, -0.25) is 0 Å². The predicted molar refractivity (Wildman–Crippen MR) is 57.6 cm³/mol. The van der Waals surface area contributed by atoms with Crippen LogP contribution in [0.1, 0.15) is 37.7 Å². The molecule has 1 heterocycles. The van der Waals surface area contributed by atoms with Crippen LogP contribution in [0.4, 0.5) is 5.82 Å². The van der Waals surface area contributed by atoms with Crippen LogP contribution in [0.3, 0.4) is 0 Å². The molecular weight excluding hydrogens is 230 g/mol. The minimum absolute atomic E-state index is 0.370. The molecule has 0 bridgehead atoms. The predicted octanol–water partition coefficient (Wildman–Crippen LogP) is 2.64. The zero-order chi connectivity index (χ0) is 10.0. The normalized spacial score (nSPS) is 12.9. The highest BCUT2D eigenvalue weighted by molar-refractivity contribution is 9.10. The maximum Gasteiger partial charge on any atom is 0.141 e. The van der Waals surface area contributed by atoms with Gasteiger partial charge in [0.25, 0.3) is 0 Å². The molecule has 0 saturated heterocycles. The first-order valence-corrected chi connectivity index (χ1v) is 5.15. The van der Waals surface area contributed by atoms with E-state index in [-0.39, 0.29) is 0 Å². The van der Waals surface area contributed by atoms with Gasteiger partial charge in [-0.25, -0.2) is 9.97 Å². The molecule has 1 unspecified atom stereocenters. The summed E-state index contributed by atoms with van der Waals surface area (Å²) in [6.45, 7) is 6.14. The van der Waals surface area contributed by atoms with Crippen molar-refractivity contribution in [3.8, 4) is 0 Å². The fourth-order valence-electron chi connectivity index (χ4n) is 1.01. The Morgan fingerprint density at radius 1 is 1.46 bits per heavy atom. The number of rotatable bonds is 2. The number of nitrogens with zero attached hydrogens (tertiary/aromatic N) is 2. The molecule has 1 atom stereocenters. The van der Waals surface area contributed by atoms with E-state index in [1.54, 1.807) is 0 Å². The molecule has 0 radical (unpaired) electrons. The van der Waals surface area contributed by atoms with Crippen LogP contribution in [0, 0.1) is 6.92 Å². The molecule has 0 spiro atoms. The average molecular weight is 244 g/mol. The van der Waals surface area contributed by atoms with Gasteiger partial charge in [-0.2, -0.15) is 0 Å². The lowest BCUT2D eigenvalue weighted by atomic mass is 10.1. The van der Waals surface area contributed by atoms with E-state index in [9.17, 15) is 0 Å². The van der Waals surface area contributed by atoms with E-state index in [0.29, 0.717) is 11.7 Å². The van der Waals surface area contributed by atoms with Crippen molar-refractivity contribution in [2.24, 2.45) is 0 Å². The standard InChI is InChI=1S/C9H14BrN3/c1-4-5(2)9-12-6(3)7(10)8(11)13-9/h5H,4H2,1-3H3,(H2,11,12,13). The summed E-state index contributed by atoms with van der Waals surface area (Å²) in [5.41, 5.74) is 6.62. The van der Waals surface area contributed by atoms with Gasteiger partial charge in [-0.1, -0.05) is 13.8 Å². The van der Waals surface area contributed by atoms with Gasteiger partial charge in [0, 0.05) is 5.92 Å². The van der Waals surface area contributed by atoms with E-state index in [4.69, 9.17) is 5.73 Å². The number of hydrogen-bond donors (Lipinski definition) is 1. The van der Waals surface area contributed by atoms with Crippen molar-refractivity contribution in [1.29, 1.82) is 0 Å². The van der Waals surface area contributed by atoms with Crippen LogP contribution >= 0.6 is 15.9 Å². The fourth-order valence-corrected chi connectivity index (χ4v) is 1.18. The Kier molecular flexibility index (Phi) is 3.25. The molecule has 0 amide bonds. The number of aromatic nitrogens is 2. The Labute approximate surface area is 86.9 Å². The fraction of sp³-hybridized carbons (Fsp3) is 0.556. The van der Waals surface area contributed by atoms with E-state index in [1.165, 1.54) is 0 Å². The van der Waals surface area contributed by atoms with E-state index >= 15 is 0 Å². The Hall–Kier alpha value is -0.640. The second-order valence-electron chi connectivity index (χ2n) is 3.18. The van der Waals surface area contributed by atoms with E-state index in [2.05, 4.69) is 39.7 Å². The second kappa shape index (κ2) is 4.05. The molecule has 0 aliphatic carbocycles. The summed E-state index contributed by atoms with van der Waals surface area (Å²) in [6, 6.07) is 0.